The Kier molecular flexibility index (Phi) is 4.69. The molecule has 0 aliphatic carbocycles. The van der Waals surface area contributed by atoms with Crippen molar-refractivity contribution in [2.75, 3.05) is 11.9 Å². The molecule has 0 spiro atoms. The van der Waals surface area contributed by atoms with E-state index in [2.05, 4.69) is 10.6 Å². The van der Waals surface area contributed by atoms with Crippen LogP contribution in [0.3, 0.4) is 0 Å². The molecule has 1 rings (SSSR count). The summed E-state index contributed by atoms with van der Waals surface area (Å²) in [7, 11) is 0. The van der Waals surface area contributed by atoms with E-state index in [0.717, 1.165) is 0 Å². The third kappa shape index (κ3) is 4.35. The summed E-state index contributed by atoms with van der Waals surface area (Å²) in [6.45, 7) is 6.43. The van der Waals surface area contributed by atoms with Gasteiger partial charge in [0.05, 0.1) is 11.8 Å². The third-order valence-corrected chi connectivity index (χ3v) is 2.45. The number of phenolic OH excluding ortho intramolecular Hbond substituents is 1. The minimum Gasteiger partial charge on any atom is -0.506 e. The van der Waals surface area contributed by atoms with Crippen molar-refractivity contribution in [3.05, 3.63) is 23.8 Å². The van der Waals surface area contributed by atoms with Gasteiger partial charge in [-0.05, 0) is 38.5 Å². The molecular weight excluding hydrogens is 232 g/mol. The van der Waals surface area contributed by atoms with E-state index < -0.39 is 6.10 Å². The van der Waals surface area contributed by atoms with Crippen LogP contribution in [0.2, 0.25) is 0 Å². The molecule has 100 valence electrons. The van der Waals surface area contributed by atoms with Crippen molar-refractivity contribution in [2.45, 2.75) is 32.4 Å². The first-order valence-corrected chi connectivity index (χ1v) is 5.79. The normalized spacial score (nSPS) is 13.1. The molecule has 5 nitrogen and oxygen atoms in total. The first-order valence-electron chi connectivity index (χ1n) is 5.79. The quantitative estimate of drug-likeness (QED) is 0.471. The summed E-state index contributed by atoms with van der Waals surface area (Å²) in [6.07, 6.45) is -0.212. The minimum atomic E-state index is -0.697. The van der Waals surface area contributed by atoms with E-state index in [0.29, 0.717) is 18.5 Å². The van der Waals surface area contributed by atoms with E-state index in [1.165, 1.54) is 6.07 Å². The Morgan fingerprint density at radius 3 is 2.61 bits per heavy atom. The van der Waals surface area contributed by atoms with Gasteiger partial charge in [0.25, 0.3) is 0 Å². The first-order chi connectivity index (χ1) is 8.33. The number of aromatic hydroxyl groups is 1. The van der Waals surface area contributed by atoms with Crippen molar-refractivity contribution in [3.63, 3.8) is 0 Å². The standard InChI is InChI=1S/C13H20N2O3/c1-13(2,3)15-7-12(18)9-4-5-11(17)10(6-9)14-8-16/h4-6,8,12,15,17-18H,7H2,1-3H3,(H,14,16). The summed E-state index contributed by atoms with van der Waals surface area (Å²) >= 11 is 0. The fraction of sp³-hybridized carbons (Fsp3) is 0.462. The second-order valence-electron chi connectivity index (χ2n) is 5.19. The Labute approximate surface area is 107 Å². The van der Waals surface area contributed by atoms with Gasteiger partial charge in [0, 0.05) is 12.1 Å². The molecule has 0 heterocycles. The topological polar surface area (TPSA) is 81.6 Å². The van der Waals surface area contributed by atoms with Crippen molar-refractivity contribution in [2.24, 2.45) is 0 Å². The second kappa shape index (κ2) is 5.84. The number of anilines is 1. The molecule has 1 unspecified atom stereocenters. The van der Waals surface area contributed by atoms with Gasteiger partial charge in [-0.1, -0.05) is 6.07 Å². The number of amides is 1. The van der Waals surface area contributed by atoms with E-state index >= 15 is 0 Å². The van der Waals surface area contributed by atoms with Crippen LogP contribution in [0.25, 0.3) is 0 Å². The van der Waals surface area contributed by atoms with Crippen LogP contribution in [0.15, 0.2) is 18.2 Å². The van der Waals surface area contributed by atoms with Crippen molar-refractivity contribution in [3.8, 4) is 5.75 Å². The average Bonchev–Trinajstić information content (AvgIpc) is 2.28. The molecule has 0 fully saturated rings. The van der Waals surface area contributed by atoms with Gasteiger partial charge in [-0.2, -0.15) is 0 Å². The number of β-amino-alcohol motifs (C(OH)–C–C–N with tert-alkyl or cyclic N) is 1. The van der Waals surface area contributed by atoms with Gasteiger partial charge in [-0.25, -0.2) is 0 Å². The highest BCUT2D eigenvalue weighted by Crippen LogP contribution is 2.26. The lowest BCUT2D eigenvalue weighted by Crippen LogP contribution is -2.38. The molecule has 1 amide bonds. The van der Waals surface area contributed by atoms with Gasteiger partial charge in [-0.15, -0.1) is 0 Å². The highest BCUT2D eigenvalue weighted by atomic mass is 16.3. The van der Waals surface area contributed by atoms with E-state index in [4.69, 9.17) is 0 Å². The number of rotatable bonds is 5. The summed E-state index contributed by atoms with van der Waals surface area (Å²) in [6, 6.07) is 4.63. The van der Waals surface area contributed by atoms with Crippen LogP contribution in [-0.4, -0.2) is 28.7 Å². The maximum atomic E-state index is 10.4. The molecule has 0 saturated heterocycles. The van der Waals surface area contributed by atoms with Crippen LogP contribution >= 0.6 is 0 Å². The Bertz CT molecular complexity index is 413. The van der Waals surface area contributed by atoms with Crippen LogP contribution in [0.1, 0.15) is 32.4 Å². The average molecular weight is 252 g/mol. The number of phenols is 1. The van der Waals surface area contributed by atoms with Crippen molar-refractivity contribution in [1.82, 2.24) is 5.32 Å². The predicted octanol–water partition coefficient (Wildman–Crippen LogP) is 1.38. The van der Waals surface area contributed by atoms with Crippen LogP contribution in [0.5, 0.6) is 5.75 Å². The van der Waals surface area contributed by atoms with Crippen LogP contribution in [-0.2, 0) is 4.79 Å². The van der Waals surface area contributed by atoms with Gasteiger partial charge < -0.3 is 20.8 Å². The number of benzene rings is 1. The molecule has 1 aromatic rings. The lowest BCUT2D eigenvalue weighted by Gasteiger charge is -2.23. The number of carbonyl (C=O) groups excluding carboxylic acids is 1. The molecule has 0 saturated carbocycles. The highest BCUT2D eigenvalue weighted by Gasteiger charge is 2.14. The lowest BCUT2D eigenvalue weighted by molar-refractivity contribution is -0.105. The SMILES string of the molecule is CC(C)(C)NCC(O)c1ccc(O)c(NC=O)c1. The van der Waals surface area contributed by atoms with E-state index in [1.54, 1.807) is 12.1 Å². The highest BCUT2D eigenvalue weighted by molar-refractivity contribution is 5.75. The van der Waals surface area contributed by atoms with E-state index in [9.17, 15) is 15.0 Å². The molecular formula is C13H20N2O3. The van der Waals surface area contributed by atoms with Crippen LogP contribution < -0.4 is 10.6 Å². The zero-order chi connectivity index (χ0) is 13.8. The lowest BCUT2D eigenvalue weighted by atomic mass is 10.1. The number of hydrogen-bond acceptors (Lipinski definition) is 4. The zero-order valence-electron chi connectivity index (χ0n) is 10.9. The number of hydrogen-bond donors (Lipinski definition) is 4. The first kappa shape index (κ1) is 14.5. The van der Waals surface area contributed by atoms with Crippen molar-refractivity contribution >= 4 is 12.1 Å². The molecule has 4 N–H and O–H groups in total. The summed E-state index contributed by atoms with van der Waals surface area (Å²) in [5.74, 6) is -0.0261. The predicted molar refractivity (Wildman–Crippen MR) is 70.5 cm³/mol. The number of nitrogens with one attached hydrogen (secondary N) is 2. The molecule has 1 aromatic carbocycles. The summed E-state index contributed by atoms with van der Waals surface area (Å²) in [4.78, 5) is 10.4. The molecule has 0 aromatic heterocycles. The monoisotopic (exact) mass is 252 g/mol. The minimum absolute atomic E-state index is 0.0261. The number of aliphatic hydroxyl groups excluding tert-OH is 1. The Balaban J connectivity index is 2.76. The summed E-state index contributed by atoms with van der Waals surface area (Å²) in [5.41, 5.74) is 0.841. The largest absolute Gasteiger partial charge is 0.506 e. The molecule has 0 radical (unpaired) electrons. The third-order valence-electron chi connectivity index (χ3n) is 2.45. The van der Waals surface area contributed by atoms with Gasteiger partial charge in [-0.3, -0.25) is 4.79 Å². The molecule has 18 heavy (non-hydrogen) atoms. The molecule has 0 aliphatic rings. The Morgan fingerprint density at radius 2 is 2.06 bits per heavy atom. The van der Waals surface area contributed by atoms with Crippen molar-refractivity contribution < 1.29 is 15.0 Å². The number of carbonyl (C=O) groups is 1. The van der Waals surface area contributed by atoms with Gasteiger partial charge in [0.1, 0.15) is 5.75 Å². The maximum absolute atomic E-state index is 10.4. The van der Waals surface area contributed by atoms with Gasteiger partial charge in [0.2, 0.25) is 6.41 Å². The fourth-order valence-corrected chi connectivity index (χ4v) is 1.46. The van der Waals surface area contributed by atoms with Gasteiger partial charge in [0.15, 0.2) is 0 Å². The maximum Gasteiger partial charge on any atom is 0.211 e. The summed E-state index contributed by atoms with van der Waals surface area (Å²) in [5, 5.41) is 25.1. The molecule has 1 atom stereocenters. The molecule has 0 bridgehead atoms. The summed E-state index contributed by atoms with van der Waals surface area (Å²) < 4.78 is 0. The molecule has 5 heteroatoms. The van der Waals surface area contributed by atoms with Crippen molar-refractivity contribution in [1.29, 1.82) is 0 Å². The van der Waals surface area contributed by atoms with E-state index in [1.807, 2.05) is 20.8 Å². The zero-order valence-corrected chi connectivity index (χ0v) is 10.9. The Hall–Kier alpha value is -1.59. The van der Waals surface area contributed by atoms with Crippen LogP contribution in [0, 0.1) is 0 Å². The number of aliphatic hydroxyl groups is 1. The van der Waals surface area contributed by atoms with Crippen LogP contribution in [0.4, 0.5) is 5.69 Å². The Morgan fingerprint density at radius 1 is 1.39 bits per heavy atom. The molecule has 0 aliphatic heterocycles. The smallest absolute Gasteiger partial charge is 0.211 e. The second-order valence-corrected chi connectivity index (χ2v) is 5.19. The fourth-order valence-electron chi connectivity index (χ4n) is 1.46. The van der Waals surface area contributed by atoms with Gasteiger partial charge >= 0.3 is 0 Å². The van der Waals surface area contributed by atoms with E-state index in [-0.39, 0.29) is 17.0 Å².